The molecule has 0 bridgehead atoms. The van der Waals surface area contributed by atoms with E-state index < -0.39 is 57.8 Å². The monoisotopic (exact) mass is 612 g/mol. The van der Waals surface area contributed by atoms with E-state index in [9.17, 15) is 39.6 Å². The molecule has 3 fully saturated rings. The molecule has 2 amide bonds. The topological polar surface area (TPSA) is 194 Å². The number of ketones is 2. The number of carbonyl (C=O) groups excluding carboxylic acids is 4. The number of phenols is 1. The van der Waals surface area contributed by atoms with Crippen LogP contribution in [-0.2, 0) is 25.6 Å². The molecule has 3 atom stereocenters. The van der Waals surface area contributed by atoms with Crippen molar-refractivity contribution in [3.8, 4) is 5.75 Å². The van der Waals surface area contributed by atoms with Gasteiger partial charge in [0.05, 0.1) is 17.2 Å². The molecule has 1 saturated carbocycles. The van der Waals surface area contributed by atoms with Crippen LogP contribution in [0.1, 0.15) is 36.8 Å². The van der Waals surface area contributed by atoms with E-state index in [0.717, 1.165) is 24.3 Å². The average molecular weight is 613 g/mol. The van der Waals surface area contributed by atoms with Crippen LogP contribution in [0.3, 0.4) is 0 Å². The van der Waals surface area contributed by atoms with Gasteiger partial charge in [-0.05, 0) is 54.7 Å². The van der Waals surface area contributed by atoms with Crippen LogP contribution in [0.15, 0.2) is 23.0 Å². The van der Waals surface area contributed by atoms with E-state index in [0.29, 0.717) is 30.4 Å². The summed E-state index contributed by atoms with van der Waals surface area (Å²) >= 11 is 1.95. The SMILES string of the molecule is CN(C)c1cc(NC(=O)C2CN(C3CCSCC3)C2)c(O)c2c1C[C@H]1CC3CC(=O)C(C(N)=O)=C(O)[C@@]3(O)C(=O)C1=C2O. The van der Waals surface area contributed by atoms with Gasteiger partial charge in [-0.2, -0.15) is 11.8 Å². The van der Waals surface area contributed by atoms with Crippen molar-refractivity contribution in [2.24, 2.45) is 23.5 Å². The van der Waals surface area contributed by atoms with Gasteiger partial charge in [-0.25, -0.2) is 0 Å². The largest absolute Gasteiger partial charge is 0.508 e. The normalized spacial score (nSPS) is 28.2. The smallest absolute Gasteiger partial charge is 0.255 e. The van der Waals surface area contributed by atoms with Gasteiger partial charge in [0.15, 0.2) is 11.4 Å². The Labute approximate surface area is 252 Å². The first-order valence-corrected chi connectivity index (χ1v) is 15.7. The van der Waals surface area contributed by atoms with Gasteiger partial charge in [0.25, 0.3) is 5.91 Å². The van der Waals surface area contributed by atoms with Crippen LogP contribution in [0.5, 0.6) is 5.75 Å². The molecule has 3 aliphatic carbocycles. The molecule has 230 valence electrons. The van der Waals surface area contributed by atoms with Crippen molar-refractivity contribution in [2.75, 3.05) is 48.9 Å². The number of benzene rings is 1. The molecular formula is C30H36N4O8S. The summed E-state index contributed by atoms with van der Waals surface area (Å²) in [4.78, 5) is 55.6. The standard InChI is InChI=1S/C30H36N4O8S/c1-33(2)19-10-18(32-29(41)14-11-34(12-14)16-3-5-43-6-4-16)24(36)22-17(19)8-13-7-15-9-20(35)23(28(31)40)27(39)30(15,42)26(38)21(13)25(22)37/h10,13-16,36-37,39,42H,3-9,11-12H2,1-2H3,(H2,31,40)(H,32,41)/t13-,15?,30+/m1/s1. The Hall–Kier alpha value is -3.55. The summed E-state index contributed by atoms with van der Waals surface area (Å²) in [5, 5.41) is 48.0. The molecule has 7 N–H and O–H groups in total. The second-order valence-corrected chi connectivity index (χ2v) is 13.7. The lowest BCUT2D eigenvalue weighted by Gasteiger charge is -2.46. The van der Waals surface area contributed by atoms with Crippen molar-refractivity contribution in [3.05, 3.63) is 34.1 Å². The third kappa shape index (κ3) is 4.51. The number of Topliss-reactive ketones (excluding diaryl/α,β-unsaturated/α-hetero) is 2. The fourth-order valence-corrected chi connectivity index (χ4v) is 8.51. The number of nitrogens with two attached hydrogens (primary N) is 1. The van der Waals surface area contributed by atoms with E-state index in [2.05, 4.69) is 10.2 Å². The van der Waals surface area contributed by atoms with Gasteiger partial charge in [0.1, 0.15) is 22.8 Å². The summed E-state index contributed by atoms with van der Waals surface area (Å²) in [6, 6.07) is 2.12. The molecule has 0 aromatic heterocycles. The summed E-state index contributed by atoms with van der Waals surface area (Å²) in [7, 11) is 3.55. The van der Waals surface area contributed by atoms with Gasteiger partial charge in [-0.3, -0.25) is 24.1 Å². The van der Waals surface area contributed by atoms with E-state index in [1.165, 1.54) is 0 Å². The fourth-order valence-electron chi connectivity index (χ4n) is 7.43. The predicted molar refractivity (Wildman–Crippen MR) is 160 cm³/mol. The Bertz CT molecular complexity index is 1510. The number of aromatic hydroxyl groups is 1. The first kappa shape index (κ1) is 29.5. The third-order valence-electron chi connectivity index (χ3n) is 9.77. The number of likely N-dealkylation sites (tertiary alicyclic amines) is 1. The maximum atomic E-state index is 13.8. The second-order valence-electron chi connectivity index (χ2n) is 12.4. The van der Waals surface area contributed by atoms with Crippen LogP contribution in [0, 0.1) is 17.8 Å². The molecule has 2 saturated heterocycles. The number of aliphatic hydroxyl groups excluding tert-OH is 2. The van der Waals surface area contributed by atoms with Crippen molar-refractivity contribution >= 4 is 52.3 Å². The molecule has 2 heterocycles. The minimum absolute atomic E-state index is 0.0485. The minimum Gasteiger partial charge on any atom is -0.508 e. The Morgan fingerprint density at radius 2 is 1.79 bits per heavy atom. The summed E-state index contributed by atoms with van der Waals surface area (Å²) in [5.74, 6) is -5.16. The number of amides is 2. The number of carbonyl (C=O) groups is 4. The molecule has 0 radical (unpaired) electrons. The van der Waals surface area contributed by atoms with Gasteiger partial charge in [0.2, 0.25) is 11.7 Å². The highest BCUT2D eigenvalue weighted by Crippen LogP contribution is 2.54. The number of phenolic OH excluding ortho intramolecular Hbond substituents is 1. The molecule has 1 aromatic rings. The number of anilines is 2. The van der Waals surface area contributed by atoms with Crippen molar-refractivity contribution in [1.29, 1.82) is 0 Å². The third-order valence-corrected chi connectivity index (χ3v) is 10.8. The number of hydrogen-bond donors (Lipinski definition) is 6. The molecule has 1 aromatic carbocycles. The van der Waals surface area contributed by atoms with Crippen LogP contribution < -0.4 is 16.0 Å². The quantitative estimate of drug-likeness (QED) is 0.207. The van der Waals surface area contributed by atoms with E-state index in [-0.39, 0.29) is 47.9 Å². The molecular weight excluding hydrogens is 576 g/mol. The molecule has 0 spiro atoms. The molecule has 6 rings (SSSR count). The van der Waals surface area contributed by atoms with Crippen LogP contribution in [0.25, 0.3) is 5.76 Å². The van der Waals surface area contributed by atoms with Gasteiger partial charge in [-0.15, -0.1) is 0 Å². The van der Waals surface area contributed by atoms with Gasteiger partial charge in [-0.1, -0.05) is 0 Å². The summed E-state index contributed by atoms with van der Waals surface area (Å²) in [6.45, 7) is 1.26. The van der Waals surface area contributed by atoms with Gasteiger partial charge < -0.3 is 36.4 Å². The summed E-state index contributed by atoms with van der Waals surface area (Å²) in [5.41, 5.74) is 2.74. The molecule has 13 heteroatoms. The van der Waals surface area contributed by atoms with Crippen molar-refractivity contribution in [2.45, 2.75) is 43.7 Å². The average Bonchev–Trinajstić information content (AvgIpc) is 2.91. The second kappa shape index (κ2) is 10.6. The van der Waals surface area contributed by atoms with Crippen molar-refractivity contribution in [3.63, 3.8) is 0 Å². The van der Waals surface area contributed by atoms with E-state index in [1.54, 1.807) is 25.1 Å². The summed E-state index contributed by atoms with van der Waals surface area (Å²) in [6.07, 6.45) is 2.06. The highest BCUT2D eigenvalue weighted by atomic mass is 32.2. The lowest BCUT2D eigenvalue weighted by Crippen LogP contribution is -2.58. The lowest BCUT2D eigenvalue weighted by molar-refractivity contribution is -0.147. The number of hydrogen-bond acceptors (Lipinski definition) is 11. The minimum atomic E-state index is -2.63. The van der Waals surface area contributed by atoms with Gasteiger partial charge in [0, 0.05) is 56.8 Å². The zero-order valence-corrected chi connectivity index (χ0v) is 24.9. The van der Waals surface area contributed by atoms with Crippen LogP contribution in [0.2, 0.25) is 0 Å². The number of rotatable bonds is 5. The summed E-state index contributed by atoms with van der Waals surface area (Å²) < 4.78 is 0. The number of primary amides is 1. The number of aliphatic hydroxyl groups is 3. The van der Waals surface area contributed by atoms with Crippen molar-refractivity contribution < 1.29 is 39.6 Å². The number of fused-ring (bicyclic) bond motifs is 3. The number of nitrogens with zero attached hydrogens (tertiary/aromatic N) is 2. The molecule has 1 unspecified atom stereocenters. The zero-order chi connectivity index (χ0) is 31.0. The van der Waals surface area contributed by atoms with E-state index >= 15 is 0 Å². The molecule has 2 aliphatic heterocycles. The Morgan fingerprint density at radius 1 is 1.12 bits per heavy atom. The maximum Gasteiger partial charge on any atom is 0.255 e. The highest BCUT2D eigenvalue weighted by Gasteiger charge is 2.60. The Balaban J connectivity index is 1.35. The van der Waals surface area contributed by atoms with E-state index in [1.807, 2.05) is 11.8 Å². The number of thioether (sulfide) groups is 1. The maximum absolute atomic E-state index is 13.8. The van der Waals surface area contributed by atoms with E-state index in [4.69, 9.17) is 5.73 Å². The van der Waals surface area contributed by atoms with Gasteiger partial charge >= 0.3 is 0 Å². The first-order valence-electron chi connectivity index (χ1n) is 14.5. The van der Waals surface area contributed by atoms with Crippen molar-refractivity contribution in [1.82, 2.24) is 4.90 Å². The van der Waals surface area contributed by atoms with Crippen LogP contribution in [-0.4, -0.2) is 99.0 Å². The first-order chi connectivity index (χ1) is 20.3. The molecule has 43 heavy (non-hydrogen) atoms. The highest BCUT2D eigenvalue weighted by molar-refractivity contribution is 7.99. The zero-order valence-electron chi connectivity index (χ0n) is 24.1. The fraction of sp³-hybridized carbons (Fsp3) is 0.533. The predicted octanol–water partition coefficient (Wildman–Crippen LogP) is 1.26. The van der Waals surface area contributed by atoms with Crippen LogP contribution in [0.4, 0.5) is 11.4 Å². The molecule has 5 aliphatic rings. The van der Waals surface area contributed by atoms with Crippen LogP contribution >= 0.6 is 11.8 Å². The Kier molecular flexibility index (Phi) is 7.25. The number of nitrogens with one attached hydrogen (secondary N) is 1. The molecule has 12 nitrogen and oxygen atoms in total. The Morgan fingerprint density at radius 3 is 2.42 bits per heavy atom. The lowest BCUT2D eigenvalue weighted by atomic mass is 9.59.